The maximum absolute atomic E-state index is 15.2. The number of para-hydroxylation sites is 1. The lowest BCUT2D eigenvalue weighted by molar-refractivity contribution is -0.150. The standard InChI is InChI=1S/C45H36Cl4N6O10/c1-55-32(45(63)64)9-18-5-7-23(8-6-18)65-33-16-19-10-26(38(33)56)25-4-2-3-24-22(17-51-37(24)25)15-31(50)41(59)52-35(20-11-27(46)39(57)28(47)12-20)42(60)53-34(19)43(61)54-36(44(55)62)21-13-29(48)40(58)30(49)14-21/h2-8,10-14,16-17,31-32,34-36,51,56-58H,9,15,50H2,1H3,(H,52,59)(H,53,60)(H,54,61)(H,63,64)/t31-,32+,34-,35-,36-/m1/s1. The monoisotopic (exact) mass is 960 g/mol. The van der Waals surface area contributed by atoms with Gasteiger partial charge in [0.25, 0.3) is 0 Å². The van der Waals surface area contributed by atoms with Crippen molar-refractivity contribution in [2.45, 2.75) is 43.1 Å². The van der Waals surface area contributed by atoms with Crippen LogP contribution in [0.25, 0.3) is 22.0 Å². The molecule has 334 valence electrons. The highest BCUT2D eigenvalue weighted by molar-refractivity contribution is 6.37. The Morgan fingerprint density at radius 3 is 1.82 bits per heavy atom. The van der Waals surface area contributed by atoms with Gasteiger partial charge in [0.15, 0.2) is 23.0 Å². The minimum atomic E-state index is -1.85. The van der Waals surface area contributed by atoms with Crippen LogP contribution in [-0.4, -0.2) is 79.0 Å². The number of nitrogens with one attached hydrogen (secondary N) is 4. The van der Waals surface area contributed by atoms with E-state index in [9.17, 15) is 39.6 Å². The fraction of sp³-hybridized carbons (Fsp3) is 0.178. The van der Waals surface area contributed by atoms with Crippen LogP contribution >= 0.6 is 46.4 Å². The lowest BCUT2D eigenvalue weighted by atomic mass is 9.94. The minimum Gasteiger partial charge on any atom is -0.505 e. The number of likely N-dealkylation sites (N-methyl/N-ethyl adjacent to an activating group) is 1. The molecular weight excluding hydrogens is 926 g/mol. The molecule has 16 nitrogen and oxygen atoms in total. The number of aromatic amines is 1. The highest BCUT2D eigenvalue weighted by Crippen LogP contribution is 2.45. The van der Waals surface area contributed by atoms with E-state index in [0.717, 1.165) is 17.0 Å². The first-order valence-corrected chi connectivity index (χ1v) is 21.2. The van der Waals surface area contributed by atoms with E-state index in [1.54, 1.807) is 36.5 Å². The topological polar surface area (TPSA) is 257 Å². The van der Waals surface area contributed by atoms with E-state index in [1.165, 1.54) is 43.4 Å². The second-order valence-corrected chi connectivity index (χ2v) is 17.1. The number of fused-ring (bicyclic) bond motifs is 10. The van der Waals surface area contributed by atoms with Crippen LogP contribution < -0.4 is 26.4 Å². The maximum atomic E-state index is 15.2. The number of carbonyl (C=O) groups excluding carboxylic acids is 4. The molecule has 4 amide bonds. The predicted molar refractivity (Wildman–Crippen MR) is 240 cm³/mol. The van der Waals surface area contributed by atoms with Crippen molar-refractivity contribution in [3.63, 3.8) is 0 Å². The van der Waals surface area contributed by atoms with E-state index in [2.05, 4.69) is 20.9 Å². The first-order valence-electron chi connectivity index (χ1n) is 19.6. The summed E-state index contributed by atoms with van der Waals surface area (Å²) in [5, 5.41) is 50.7. The molecule has 20 heteroatoms. The Labute approximate surface area is 388 Å². The number of hydrogen-bond acceptors (Lipinski definition) is 10. The molecule has 6 aromatic rings. The Hall–Kier alpha value is -6.69. The normalized spacial score (nSPS) is 20.5. The van der Waals surface area contributed by atoms with E-state index in [4.69, 9.17) is 56.9 Å². The summed E-state index contributed by atoms with van der Waals surface area (Å²) in [5.41, 5.74) is 8.46. The number of halogens is 4. The number of carboxylic acids is 1. The molecule has 3 aliphatic rings. The molecule has 0 radical (unpaired) electrons. The Kier molecular flexibility index (Phi) is 12.2. The van der Waals surface area contributed by atoms with Crippen LogP contribution in [0.15, 0.2) is 85.1 Å². The number of aromatic nitrogens is 1. The number of aliphatic carboxylic acids is 1. The molecule has 3 aliphatic heterocycles. The summed E-state index contributed by atoms with van der Waals surface area (Å²) in [6.45, 7) is 0. The molecule has 65 heavy (non-hydrogen) atoms. The molecule has 0 aliphatic carbocycles. The van der Waals surface area contributed by atoms with Gasteiger partial charge in [-0.25, -0.2) is 4.79 Å². The van der Waals surface area contributed by atoms with Crippen molar-refractivity contribution >= 4 is 86.9 Å². The average molecular weight is 963 g/mol. The minimum absolute atomic E-state index is 0.0278. The smallest absolute Gasteiger partial charge is 0.326 e. The van der Waals surface area contributed by atoms with Gasteiger partial charge >= 0.3 is 5.97 Å². The number of rotatable bonds is 3. The number of benzene rings is 5. The summed E-state index contributed by atoms with van der Waals surface area (Å²) in [4.78, 5) is 75.5. The van der Waals surface area contributed by atoms with Crippen molar-refractivity contribution < 1.29 is 49.1 Å². The van der Waals surface area contributed by atoms with Gasteiger partial charge in [0, 0.05) is 36.2 Å². The second-order valence-electron chi connectivity index (χ2n) is 15.5. The van der Waals surface area contributed by atoms with Crippen molar-refractivity contribution in [3.05, 3.63) is 133 Å². The lowest BCUT2D eigenvalue weighted by Crippen LogP contribution is -2.52. The third-order valence-corrected chi connectivity index (χ3v) is 12.5. The van der Waals surface area contributed by atoms with Crippen LogP contribution in [0.4, 0.5) is 0 Å². The van der Waals surface area contributed by atoms with Crippen molar-refractivity contribution in [2.75, 3.05) is 7.05 Å². The number of aromatic hydroxyl groups is 3. The fourth-order valence-corrected chi connectivity index (χ4v) is 8.91. The molecule has 0 fully saturated rings. The van der Waals surface area contributed by atoms with Gasteiger partial charge in [-0.15, -0.1) is 0 Å². The van der Waals surface area contributed by atoms with E-state index in [1.807, 2.05) is 0 Å². The van der Waals surface area contributed by atoms with E-state index in [-0.39, 0.29) is 72.4 Å². The number of phenolic OH excluding ortho intramolecular Hbond substituents is 3. The van der Waals surface area contributed by atoms with Gasteiger partial charge in [-0.1, -0.05) is 76.7 Å². The Morgan fingerprint density at radius 2 is 1.23 bits per heavy atom. The Bertz CT molecular complexity index is 2920. The summed E-state index contributed by atoms with van der Waals surface area (Å²) in [5.74, 6) is -6.73. The van der Waals surface area contributed by atoms with Crippen LogP contribution in [0.2, 0.25) is 20.1 Å². The third-order valence-electron chi connectivity index (χ3n) is 11.4. The highest BCUT2D eigenvalue weighted by Gasteiger charge is 2.38. The zero-order valence-corrected chi connectivity index (χ0v) is 36.7. The number of nitrogens with two attached hydrogens (primary N) is 1. The Balaban J connectivity index is 1.40. The van der Waals surface area contributed by atoms with Gasteiger partial charge in [0.05, 0.1) is 31.6 Å². The average Bonchev–Trinajstić information content (AvgIpc) is 3.68. The predicted octanol–water partition coefficient (Wildman–Crippen LogP) is 6.58. The third kappa shape index (κ3) is 8.66. The summed E-state index contributed by atoms with van der Waals surface area (Å²) in [6.07, 6.45) is 1.42. The summed E-state index contributed by atoms with van der Waals surface area (Å²) in [7, 11) is 1.23. The number of phenols is 3. The molecule has 4 heterocycles. The molecule has 0 spiro atoms. The Morgan fingerprint density at radius 1 is 0.692 bits per heavy atom. The highest BCUT2D eigenvalue weighted by atomic mass is 35.5. The van der Waals surface area contributed by atoms with Crippen molar-refractivity contribution in [2.24, 2.45) is 5.73 Å². The quantitative estimate of drug-likeness (QED) is 0.0916. The van der Waals surface area contributed by atoms with Crippen LogP contribution in [0.1, 0.15) is 45.9 Å². The maximum Gasteiger partial charge on any atom is 0.326 e. The number of carbonyl (C=O) groups is 5. The van der Waals surface area contributed by atoms with Gasteiger partial charge < -0.3 is 56.7 Å². The molecular formula is C45H36Cl4N6O10. The van der Waals surface area contributed by atoms with E-state index >= 15 is 4.79 Å². The molecule has 9 rings (SSSR count). The first-order chi connectivity index (χ1) is 30.9. The van der Waals surface area contributed by atoms with Crippen LogP contribution in [0.3, 0.4) is 0 Å². The van der Waals surface area contributed by atoms with Crippen molar-refractivity contribution in [1.82, 2.24) is 25.8 Å². The van der Waals surface area contributed by atoms with Crippen molar-refractivity contribution in [3.8, 4) is 39.9 Å². The van der Waals surface area contributed by atoms with Gasteiger partial charge in [0.2, 0.25) is 23.6 Å². The van der Waals surface area contributed by atoms with Gasteiger partial charge in [-0.05, 0) is 82.8 Å². The van der Waals surface area contributed by atoms with Crippen LogP contribution in [0.5, 0.6) is 28.7 Å². The zero-order valence-electron chi connectivity index (χ0n) is 33.7. The molecule has 9 bridgehead atoms. The molecule has 1 aromatic heterocycles. The number of nitrogens with zero attached hydrogens (tertiary/aromatic N) is 1. The van der Waals surface area contributed by atoms with E-state index in [0.29, 0.717) is 27.6 Å². The van der Waals surface area contributed by atoms with E-state index < -0.39 is 71.3 Å². The number of hydrogen-bond donors (Lipinski definition) is 9. The summed E-state index contributed by atoms with van der Waals surface area (Å²) in [6, 6.07) is 10.8. The summed E-state index contributed by atoms with van der Waals surface area (Å²) >= 11 is 25.3. The molecule has 0 saturated heterocycles. The molecule has 0 saturated carbocycles. The van der Waals surface area contributed by atoms with Gasteiger partial charge in [0.1, 0.15) is 29.9 Å². The van der Waals surface area contributed by atoms with Gasteiger partial charge in [-0.3, -0.25) is 19.2 Å². The molecule has 5 aromatic carbocycles. The molecule has 0 unspecified atom stereocenters. The number of carboxylic acid groups (broad SMARTS) is 1. The number of ether oxygens (including phenoxy) is 1. The largest absolute Gasteiger partial charge is 0.505 e. The SMILES string of the molecule is CN1C(=O)[C@@H](c2cc(Cl)c(O)c(Cl)c2)NC(=O)[C@@H]2NC(=O)[C@@H](c3cc(Cl)c(O)c(Cl)c3)NC(=O)[C@H](N)Cc3c[nH]c4c(cccc34)-c3cc2cc(c3O)Oc2ccc(cc2)C[C@H]1C(=O)O. The number of amides is 4. The number of H-pyrrole nitrogens is 1. The van der Waals surface area contributed by atoms with Gasteiger partial charge in [-0.2, -0.15) is 0 Å². The summed E-state index contributed by atoms with van der Waals surface area (Å²) < 4.78 is 6.28. The zero-order chi connectivity index (χ0) is 46.6. The fourth-order valence-electron chi connectivity index (χ4n) is 7.90. The lowest BCUT2D eigenvalue weighted by Gasteiger charge is -2.31. The molecule has 5 atom stereocenters. The molecule has 10 N–H and O–H groups in total. The second kappa shape index (κ2) is 17.7. The van der Waals surface area contributed by atoms with Crippen LogP contribution in [0, 0.1) is 0 Å². The first kappa shape index (κ1) is 44.9. The van der Waals surface area contributed by atoms with Crippen molar-refractivity contribution in [1.29, 1.82) is 0 Å². The van der Waals surface area contributed by atoms with Crippen LogP contribution in [-0.2, 0) is 36.8 Å².